The first-order chi connectivity index (χ1) is 11.5. The fourth-order valence-corrected chi connectivity index (χ4v) is 3.63. The van der Waals surface area contributed by atoms with Crippen molar-refractivity contribution in [1.29, 1.82) is 0 Å². The molecule has 128 valence electrons. The molecule has 24 heavy (non-hydrogen) atoms. The second kappa shape index (κ2) is 7.55. The molecule has 2 aromatic carbocycles. The van der Waals surface area contributed by atoms with E-state index in [1.54, 1.807) is 12.1 Å². The molecule has 0 radical (unpaired) electrons. The molecule has 6 heteroatoms. The van der Waals surface area contributed by atoms with Gasteiger partial charge in [-0.2, -0.15) is 0 Å². The van der Waals surface area contributed by atoms with Crippen molar-refractivity contribution in [1.82, 2.24) is 5.32 Å². The number of ether oxygens (including phenoxy) is 1. The second-order valence-electron chi connectivity index (χ2n) is 5.98. The SMILES string of the molecule is O=S(=O)(Cl)c1ccc(-c2ccc(OCCC3CCNC3)cc2)cc1. The maximum Gasteiger partial charge on any atom is 0.261 e. The third-order valence-electron chi connectivity index (χ3n) is 4.28. The van der Waals surface area contributed by atoms with Crippen molar-refractivity contribution in [2.45, 2.75) is 17.7 Å². The summed E-state index contributed by atoms with van der Waals surface area (Å²) in [4.78, 5) is 0.106. The highest BCUT2D eigenvalue weighted by molar-refractivity contribution is 8.13. The van der Waals surface area contributed by atoms with Gasteiger partial charge in [-0.05, 0) is 67.2 Å². The van der Waals surface area contributed by atoms with E-state index in [1.807, 2.05) is 24.3 Å². The van der Waals surface area contributed by atoms with Crippen molar-refractivity contribution in [3.05, 3.63) is 48.5 Å². The molecule has 2 aromatic rings. The quantitative estimate of drug-likeness (QED) is 0.794. The first-order valence-corrected chi connectivity index (χ1v) is 10.3. The van der Waals surface area contributed by atoms with Gasteiger partial charge >= 0.3 is 0 Å². The van der Waals surface area contributed by atoms with E-state index in [0.29, 0.717) is 0 Å². The summed E-state index contributed by atoms with van der Waals surface area (Å²) in [6.07, 6.45) is 2.30. The summed E-state index contributed by atoms with van der Waals surface area (Å²) in [5, 5.41) is 3.36. The zero-order valence-corrected chi connectivity index (χ0v) is 14.8. The topological polar surface area (TPSA) is 55.4 Å². The van der Waals surface area contributed by atoms with E-state index in [-0.39, 0.29) is 4.90 Å². The van der Waals surface area contributed by atoms with Crippen LogP contribution in [0.3, 0.4) is 0 Å². The number of nitrogens with one attached hydrogen (secondary N) is 1. The molecular formula is C18H20ClNO3S. The van der Waals surface area contributed by atoms with Gasteiger partial charge in [0, 0.05) is 10.7 Å². The van der Waals surface area contributed by atoms with Crippen molar-refractivity contribution in [3.63, 3.8) is 0 Å². The van der Waals surface area contributed by atoms with Gasteiger partial charge in [-0.1, -0.05) is 24.3 Å². The predicted molar refractivity (Wildman–Crippen MR) is 96.0 cm³/mol. The molecular weight excluding hydrogens is 346 g/mol. The van der Waals surface area contributed by atoms with E-state index in [4.69, 9.17) is 15.4 Å². The Morgan fingerprint density at radius 2 is 1.67 bits per heavy atom. The Labute approximate surface area is 147 Å². The van der Waals surface area contributed by atoms with Gasteiger partial charge in [-0.25, -0.2) is 8.42 Å². The predicted octanol–water partition coefficient (Wildman–Crippen LogP) is 3.66. The van der Waals surface area contributed by atoms with Gasteiger partial charge in [-0.3, -0.25) is 0 Å². The van der Waals surface area contributed by atoms with Gasteiger partial charge in [0.05, 0.1) is 11.5 Å². The van der Waals surface area contributed by atoms with Crippen LogP contribution in [0.1, 0.15) is 12.8 Å². The van der Waals surface area contributed by atoms with E-state index in [2.05, 4.69) is 5.32 Å². The summed E-state index contributed by atoms with van der Waals surface area (Å²) in [5.74, 6) is 1.57. The Kier molecular flexibility index (Phi) is 5.43. The number of rotatable bonds is 6. The van der Waals surface area contributed by atoms with Crippen LogP contribution in [0.5, 0.6) is 5.75 Å². The maximum atomic E-state index is 11.3. The van der Waals surface area contributed by atoms with Crippen molar-refractivity contribution in [3.8, 4) is 16.9 Å². The fraction of sp³-hybridized carbons (Fsp3) is 0.333. The van der Waals surface area contributed by atoms with E-state index >= 15 is 0 Å². The monoisotopic (exact) mass is 365 g/mol. The minimum absolute atomic E-state index is 0.106. The van der Waals surface area contributed by atoms with E-state index in [9.17, 15) is 8.42 Å². The second-order valence-corrected chi connectivity index (χ2v) is 8.55. The fourth-order valence-electron chi connectivity index (χ4n) is 2.86. The molecule has 1 atom stereocenters. The average molecular weight is 366 g/mol. The third kappa shape index (κ3) is 4.50. The summed E-state index contributed by atoms with van der Waals surface area (Å²) < 4.78 is 28.3. The molecule has 1 unspecified atom stereocenters. The molecule has 1 aliphatic rings. The number of hydrogen-bond donors (Lipinski definition) is 1. The highest BCUT2D eigenvalue weighted by Crippen LogP contribution is 2.25. The van der Waals surface area contributed by atoms with Crippen molar-refractivity contribution in [2.24, 2.45) is 5.92 Å². The van der Waals surface area contributed by atoms with Gasteiger partial charge in [0.2, 0.25) is 0 Å². The van der Waals surface area contributed by atoms with E-state index < -0.39 is 9.05 Å². The molecule has 3 rings (SSSR count). The molecule has 0 spiro atoms. The van der Waals surface area contributed by atoms with Crippen LogP contribution in [0, 0.1) is 5.92 Å². The normalized spacial score (nSPS) is 17.8. The summed E-state index contributed by atoms with van der Waals surface area (Å²) in [7, 11) is 1.65. The van der Waals surface area contributed by atoms with Crippen molar-refractivity contribution in [2.75, 3.05) is 19.7 Å². The van der Waals surface area contributed by atoms with Gasteiger partial charge < -0.3 is 10.1 Å². The maximum absolute atomic E-state index is 11.3. The number of halogens is 1. The van der Waals surface area contributed by atoms with Gasteiger partial charge in [0.1, 0.15) is 5.75 Å². The lowest BCUT2D eigenvalue weighted by molar-refractivity contribution is 0.283. The minimum atomic E-state index is -3.68. The molecule has 0 saturated carbocycles. The lowest BCUT2D eigenvalue weighted by atomic mass is 10.1. The Balaban J connectivity index is 1.59. The Morgan fingerprint density at radius 1 is 1.04 bits per heavy atom. The lowest BCUT2D eigenvalue weighted by Crippen LogP contribution is -2.11. The van der Waals surface area contributed by atoms with Crippen LogP contribution in [-0.2, 0) is 9.05 Å². The zero-order chi connectivity index (χ0) is 17.0. The summed E-state index contributed by atoms with van der Waals surface area (Å²) in [6, 6.07) is 14.3. The lowest BCUT2D eigenvalue weighted by Gasteiger charge is -2.10. The number of hydrogen-bond acceptors (Lipinski definition) is 4. The molecule has 0 bridgehead atoms. The molecule has 0 aromatic heterocycles. The van der Waals surface area contributed by atoms with Crippen LogP contribution in [0.15, 0.2) is 53.4 Å². The Morgan fingerprint density at radius 3 is 2.21 bits per heavy atom. The van der Waals surface area contributed by atoms with Crippen LogP contribution in [0.25, 0.3) is 11.1 Å². The summed E-state index contributed by atoms with van der Waals surface area (Å²) in [6.45, 7) is 2.94. The van der Waals surface area contributed by atoms with Gasteiger partial charge in [0.25, 0.3) is 9.05 Å². The van der Waals surface area contributed by atoms with Crippen LogP contribution in [-0.4, -0.2) is 28.1 Å². The molecule has 1 heterocycles. The van der Waals surface area contributed by atoms with Gasteiger partial charge in [-0.15, -0.1) is 0 Å². The van der Waals surface area contributed by atoms with Crippen molar-refractivity contribution >= 4 is 19.7 Å². The Hall–Kier alpha value is -1.56. The zero-order valence-electron chi connectivity index (χ0n) is 13.2. The summed E-state index contributed by atoms with van der Waals surface area (Å²) >= 11 is 0. The Bertz CT molecular complexity index is 767. The highest BCUT2D eigenvalue weighted by atomic mass is 35.7. The molecule has 0 amide bonds. The van der Waals surface area contributed by atoms with E-state index in [1.165, 1.54) is 18.6 Å². The largest absolute Gasteiger partial charge is 0.494 e. The number of benzene rings is 2. The first kappa shape index (κ1) is 17.3. The standard InChI is InChI=1S/C18H20ClNO3S/c19-24(21,22)18-7-3-16(4-8-18)15-1-5-17(6-2-15)23-12-10-14-9-11-20-13-14/h1-8,14,20H,9-13H2. The highest BCUT2D eigenvalue weighted by Gasteiger charge is 2.14. The van der Waals surface area contributed by atoms with Crippen molar-refractivity contribution < 1.29 is 13.2 Å². The molecule has 4 nitrogen and oxygen atoms in total. The minimum Gasteiger partial charge on any atom is -0.494 e. The van der Waals surface area contributed by atoms with Crippen LogP contribution >= 0.6 is 10.7 Å². The molecule has 1 aliphatic heterocycles. The van der Waals surface area contributed by atoms with Crippen LogP contribution in [0.4, 0.5) is 0 Å². The molecule has 1 saturated heterocycles. The van der Waals surface area contributed by atoms with Crippen LogP contribution in [0.2, 0.25) is 0 Å². The average Bonchev–Trinajstić information content (AvgIpc) is 3.08. The summed E-state index contributed by atoms with van der Waals surface area (Å²) in [5.41, 5.74) is 1.93. The van der Waals surface area contributed by atoms with E-state index in [0.717, 1.165) is 48.9 Å². The molecule has 1 N–H and O–H groups in total. The molecule has 0 aliphatic carbocycles. The third-order valence-corrected chi connectivity index (χ3v) is 5.65. The first-order valence-electron chi connectivity index (χ1n) is 8.01. The molecule has 1 fully saturated rings. The van der Waals surface area contributed by atoms with Crippen LogP contribution < -0.4 is 10.1 Å². The smallest absolute Gasteiger partial charge is 0.261 e. The van der Waals surface area contributed by atoms with Gasteiger partial charge in [0.15, 0.2) is 0 Å².